The SMILES string of the molecule is CC(C)CP(CC(C)C)c1cc2ccccc2[cH-]1.[Cl-].[Cl-].[Hf+4].c1ccc2[cH-]c(P(C3CCCCC3)C3CCCCC3)cc2c1. The van der Waals surface area contributed by atoms with E-state index in [0.29, 0.717) is 0 Å². The van der Waals surface area contributed by atoms with E-state index in [1.807, 2.05) is 0 Å². The molecule has 2 fully saturated rings. The zero-order valence-electron chi connectivity index (χ0n) is 26.9. The first kappa shape index (κ1) is 39.2. The maximum Gasteiger partial charge on any atom is 4.00 e. The fraction of sp³-hybridized carbons (Fsp3) is 0.526. The smallest absolute Gasteiger partial charge is 1.00 e. The van der Waals surface area contributed by atoms with Gasteiger partial charge in [0, 0.05) is 0 Å². The Hall–Kier alpha value is -0.0299. The van der Waals surface area contributed by atoms with Crippen LogP contribution in [0.3, 0.4) is 0 Å². The first-order valence-corrected chi connectivity index (χ1v) is 19.5. The van der Waals surface area contributed by atoms with Gasteiger partial charge in [0.15, 0.2) is 0 Å². The number of benzene rings is 2. The van der Waals surface area contributed by atoms with E-state index in [-0.39, 0.29) is 66.5 Å². The molecule has 0 N–H and O–H groups in total. The molecule has 0 saturated heterocycles. The summed E-state index contributed by atoms with van der Waals surface area (Å²) in [7, 11) is 0.0796. The second-order valence-electron chi connectivity index (χ2n) is 13.4. The summed E-state index contributed by atoms with van der Waals surface area (Å²) in [6.07, 6.45) is 17.6. The molecule has 2 aliphatic carbocycles. The van der Waals surface area contributed by atoms with E-state index < -0.39 is 0 Å². The average molecular weight is 820 g/mol. The van der Waals surface area contributed by atoms with E-state index in [1.165, 1.54) is 98.1 Å². The van der Waals surface area contributed by atoms with Gasteiger partial charge in [0.25, 0.3) is 0 Å². The van der Waals surface area contributed by atoms with Gasteiger partial charge in [0.1, 0.15) is 0 Å². The van der Waals surface area contributed by atoms with Crippen LogP contribution in [-0.2, 0) is 25.8 Å². The molecule has 43 heavy (non-hydrogen) atoms. The van der Waals surface area contributed by atoms with Crippen LogP contribution >= 0.6 is 15.8 Å². The normalized spacial score (nSPS) is 16.2. The van der Waals surface area contributed by atoms with E-state index in [9.17, 15) is 0 Å². The van der Waals surface area contributed by atoms with Gasteiger partial charge in [0.05, 0.1) is 0 Å². The Morgan fingerprint density at radius 2 is 1.00 bits per heavy atom. The maximum absolute atomic E-state index is 2.55. The molecule has 0 radical (unpaired) electrons. The van der Waals surface area contributed by atoms with Crippen LogP contribution in [0, 0.1) is 11.8 Å². The molecule has 2 aliphatic rings. The molecule has 0 aliphatic heterocycles. The first-order chi connectivity index (χ1) is 19.5. The van der Waals surface area contributed by atoms with Crippen molar-refractivity contribution in [1.29, 1.82) is 0 Å². The van der Waals surface area contributed by atoms with Gasteiger partial charge in [-0.05, 0) is 61.2 Å². The van der Waals surface area contributed by atoms with Gasteiger partial charge in [0.2, 0.25) is 0 Å². The molecule has 0 bridgehead atoms. The molecule has 0 amide bonds. The number of halogens is 2. The predicted octanol–water partition coefficient (Wildman–Crippen LogP) is 5.31. The third-order valence-corrected chi connectivity index (χ3v) is 15.8. The van der Waals surface area contributed by atoms with Crippen molar-refractivity contribution >= 4 is 48.0 Å². The second-order valence-corrected chi connectivity index (χ2v) is 18.5. The van der Waals surface area contributed by atoms with Crippen LogP contribution in [0.25, 0.3) is 21.5 Å². The van der Waals surface area contributed by atoms with Crippen LogP contribution in [0.2, 0.25) is 0 Å². The third-order valence-electron chi connectivity index (χ3n) is 8.98. The summed E-state index contributed by atoms with van der Waals surface area (Å²) < 4.78 is 0. The van der Waals surface area contributed by atoms with E-state index >= 15 is 0 Å². The third kappa shape index (κ3) is 11.0. The van der Waals surface area contributed by atoms with E-state index in [1.54, 1.807) is 10.6 Å². The van der Waals surface area contributed by atoms with Crippen molar-refractivity contribution < 1.29 is 50.7 Å². The number of hydrogen-bond donors (Lipinski definition) is 0. The van der Waals surface area contributed by atoms with Crippen LogP contribution in [-0.4, -0.2) is 23.6 Å². The maximum atomic E-state index is 2.55. The number of fused-ring (bicyclic) bond motifs is 2. The molecular formula is C38H52Cl2HfP2. The molecule has 0 spiro atoms. The standard InChI is InChI=1S/C21H28P.C17H24P.2ClH.Hf/c1-3-11-19(12-4-1)22(20-13-5-2-6-14-20)21-15-17-9-7-8-10-18(17)16-21;1-13(2)11-18(12-14(3)4)17-9-15-7-5-6-8-16(15)10-17;;;/h7-10,15-16,19-20H,1-6,11-14H2;5-10,13-14H,11-12H2,1-4H3;2*1H;/q2*-1;;;+4/p-2. The predicted molar refractivity (Wildman–Crippen MR) is 185 cm³/mol. The molecule has 0 heterocycles. The zero-order chi connectivity index (χ0) is 27.9. The minimum Gasteiger partial charge on any atom is -1.00 e. The Morgan fingerprint density at radius 1 is 0.605 bits per heavy atom. The van der Waals surface area contributed by atoms with Gasteiger partial charge >= 0.3 is 25.8 Å². The molecule has 0 nitrogen and oxygen atoms in total. The molecule has 4 aromatic carbocycles. The van der Waals surface area contributed by atoms with Crippen molar-refractivity contribution in [3.8, 4) is 0 Å². The largest absolute Gasteiger partial charge is 4.00 e. The average Bonchev–Trinajstić information content (AvgIpc) is 3.58. The molecule has 6 rings (SSSR count). The molecule has 0 atom stereocenters. The van der Waals surface area contributed by atoms with Crippen LogP contribution < -0.4 is 35.4 Å². The van der Waals surface area contributed by atoms with Crippen molar-refractivity contribution in [1.82, 2.24) is 0 Å². The Balaban J connectivity index is 0.000000286. The molecule has 232 valence electrons. The van der Waals surface area contributed by atoms with Crippen LogP contribution in [0.4, 0.5) is 0 Å². The van der Waals surface area contributed by atoms with Crippen molar-refractivity contribution in [3.63, 3.8) is 0 Å². The Bertz CT molecular complexity index is 1220. The quantitative estimate of drug-likeness (QED) is 0.129. The minimum atomic E-state index is 0. The van der Waals surface area contributed by atoms with Crippen LogP contribution in [0.15, 0.2) is 72.8 Å². The van der Waals surface area contributed by atoms with Gasteiger partial charge in [-0.25, -0.2) is 0 Å². The topological polar surface area (TPSA) is 0 Å². The second kappa shape index (κ2) is 19.6. The van der Waals surface area contributed by atoms with E-state index in [0.717, 1.165) is 23.2 Å². The van der Waals surface area contributed by atoms with E-state index in [4.69, 9.17) is 0 Å². The Kier molecular flexibility index (Phi) is 17.8. The molecule has 5 heteroatoms. The van der Waals surface area contributed by atoms with Crippen molar-refractivity contribution in [2.45, 2.75) is 103 Å². The minimum absolute atomic E-state index is 0. The fourth-order valence-electron chi connectivity index (χ4n) is 7.20. The molecule has 4 aromatic rings. The number of hydrogen-bond acceptors (Lipinski definition) is 0. The molecule has 0 unspecified atom stereocenters. The fourth-order valence-corrected chi connectivity index (χ4v) is 14.0. The molecule has 0 aromatic heterocycles. The monoisotopic (exact) mass is 820 g/mol. The number of rotatable bonds is 8. The van der Waals surface area contributed by atoms with E-state index in [2.05, 4.69) is 100 Å². The van der Waals surface area contributed by atoms with Crippen molar-refractivity contribution in [2.24, 2.45) is 11.8 Å². The van der Waals surface area contributed by atoms with Crippen molar-refractivity contribution in [3.05, 3.63) is 72.8 Å². The summed E-state index contributed by atoms with van der Waals surface area (Å²) in [5.74, 6) is 1.60. The van der Waals surface area contributed by atoms with Crippen molar-refractivity contribution in [2.75, 3.05) is 12.3 Å². The summed E-state index contributed by atoms with van der Waals surface area (Å²) in [5.41, 5.74) is 2.03. The van der Waals surface area contributed by atoms with Gasteiger partial charge in [-0.2, -0.15) is 12.1 Å². The summed E-state index contributed by atoms with van der Waals surface area (Å²) in [4.78, 5) is 0. The first-order valence-electron chi connectivity index (χ1n) is 16.3. The van der Waals surface area contributed by atoms with Gasteiger partial charge in [-0.3, -0.25) is 0 Å². The molecular weight excluding hydrogens is 768 g/mol. The Morgan fingerprint density at radius 3 is 1.42 bits per heavy atom. The zero-order valence-corrected chi connectivity index (χ0v) is 33.8. The van der Waals surface area contributed by atoms with Gasteiger partial charge < -0.3 is 24.8 Å². The van der Waals surface area contributed by atoms with Gasteiger partial charge in [-0.15, -0.1) is 80.7 Å². The molecule has 2 saturated carbocycles. The van der Waals surface area contributed by atoms with Gasteiger partial charge in [-0.1, -0.05) is 94.2 Å². The Labute approximate surface area is 296 Å². The summed E-state index contributed by atoms with van der Waals surface area (Å²) in [5, 5.41) is 9.09. The summed E-state index contributed by atoms with van der Waals surface area (Å²) in [6.45, 7) is 9.38. The summed E-state index contributed by atoms with van der Waals surface area (Å²) >= 11 is 0. The summed E-state index contributed by atoms with van der Waals surface area (Å²) in [6, 6.07) is 27.7. The van der Waals surface area contributed by atoms with Crippen LogP contribution in [0.1, 0.15) is 91.9 Å². The van der Waals surface area contributed by atoms with Crippen LogP contribution in [0.5, 0.6) is 0 Å².